The first kappa shape index (κ1) is 29.3. The number of aromatic nitrogens is 7. The number of ether oxygens (including phenoxy) is 2. The van der Waals surface area contributed by atoms with Gasteiger partial charge in [-0.25, -0.2) is 15.1 Å². The van der Waals surface area contributed by atoms with E-state index < -0.39 is 12.4 Å². The standard InChI is InChI=1S/C34H35N7O3/c1-4-5-15-29-35-28-20-27(31(42)24-11-7-6-8-12-24)30(34(43-2)44-3)36-33(28)41(29)21-22-16-18-23(19-17-22)25-13-9-10-14-26(25)32-37-39-40-38-32/h6-14,16-20,31,34,42H,4-5,15,21H2,1-3H3,(H,37,38,39,40). The molecule has 3 aromatic heterocycles. The second-order valence-corrected chi connectivity index (χ2v) is 10.6. The van der Waals surface area contributed by atoms with Gasteiger partial charge < -0.3 is 19.1 Å². The van der Waals surface area contributed by atoms with E-state index in [1.165, 1.54) is 0 Å². The topological polar surface area (TPSA) is 124 Å². The van der Waals surface area contributed by atoms with E-state index in [0.29, 0.717) is 23.6 Å². The molecule has 0 fully saturated rings. The molecule has 0 saturated carbocycles. The number of hydrogen-bond acceptors (Lipinski definition) is 8. The maximum atomic E-state index is 11.4. The molecule has 224 valence electrons. The normalized spacial score (nSPS) is 12.3. The fourth-order valence-corrected chi connectivity index (χ4v) is 5.55. The van der Waals surface area contributed by atoms with Gasteiger partial charge in [-0.1, -0.05) is 92.2 Å². The van der Waals surface area contributed by atoms with Crippen molar-refractivity contribution in [1.82, 2.24) is 35.2 Å². The van der Waals surface area contributed by atoms with Crippen LogP contribution >= 0.6 is 0 Å². The number of unbranched alkanes of at least 4 members (excludes halogenated alkanes) is 1. The minimum Gasteiger partial charge on any atom is -0.384 e. The maximum absolute atomic E-state index is 11.4. The zero-order valence-corrected chi connectivity index (χ0v) is 25.0. The number of imidazole rings is 1. The molecule has 0 radical (unpaired) electrons. The number of rotatable bonds is 12. The number of pyridine rings is 1. The van der Waals surface area contributed by atoms with Gasteiger partial charge in [0.1, 0.15) is 23.1 Å². The third-order valence-electron chi connectivity index (χ3n) is 7.81. The Morgan fingerprint density at radius 2 is 1.61 bits per heavy atom. The van der Waals surface area contributed by atoms with Crippen LogP contribution in [0.2, 0.25) is 0 Å². The lowest BCUT2D eigenvalue weighted by Crippen LogP contribution is -2.14. The molecule has 0 saturated heterocycles. The molecule has 0 aliphatic rings. The highest BCUT2D eigenvalue weighted by molar-refractivity contribution is 5.80. The van der Waals surface area contributed by atoms with Crippen molar-refractivity contribution in [2.45, 2.75) is 45.1 Å². The van der Waals surface area contributed by atoms with Crippen molar-refractivity contribution in [3.05, 3.63) is 113 Å². The van der Waals surface area contributed by atoms with Crippen molar-refractivity contribution in [3.8, 4) is 22.5 Å². The number of aliphatic hydroxyl groups excluding tert-OH is 1. The van der Waals surface area contributed by atoms with E-state index in [1.54, 1.807) is 14.2 Å². The predicted molar refractivity (Wildman–Crippen MR) is 168 cm³/mol. The summed E-state index contributed by atoms with van der Waals surface area (Å²) in [7, 11) is 3.14. The van der Waals surface area contributed by atoms with Crippen molar-refractivity contribution in [2.24, 2.45) is 0 Å². The minimum absolute atomic E-state index is 0.524. The molecule has 0 bridgehead atoms. The smallest absolute Gasteiger partial charge is 0.201 e. The highest BCUT2D eigenvalue weighted by Crippen LogP contribution is 2.33. The fraction of sp³-hybridized carbons (Fsp3) is 0.265. The number of fused-ring (bicyclic) bond motifs is 1. The van der Waals surface area contributed by atoms with E-state index in [9.17, 15) is 5.11 Å². The number of nitrogens with one attached hydrogen (secondary N) is 1. The molecule has 3 heterocycles. The quantitative estimate of drug-likeness (QED) is 0.166. The number of benzene rings is 3. The molecule has 0 amide bonds. The molecule has 2 N–H and O–H groups in total. The summed E-state index contributed by atoms with van der Waals surface area (Å²) in [6, 6.07) is 28.0. The van der Waals surface area contributed by atoms with E-state index in [2.05, 4.69) is 62.4 Å². The van der Waals surface area contributed by atoms with E-state index in [4.69, 9.17) is 19.4 Å². The zero-order valence-electron chi connectivity index (χ0n) is 25.0. The number of H-pyrrole nitrogens is 1. The summed E-state index contributed by atoms with van der Waals surface area (Å²) >= 11 is 0. The van der Waals surface area contributed by atoms with Gasteiger partial charge in [-0.3, -0.25) is 0 Å². The van der Waals surface area contributed by atoms with Gasteiger partial charge in [0, 0.05) is 31.8 Å². The minimum atomic E-state index is -0.914. The Morgan fingerprint density at radius 1 is 0.886 bits per heavy atom. The van der Waals surface area contributed by atoms with Crippen LogP contribution in [-0.2, 0) is 22.4 Å². The highest BCUT2D eigenvalue weighted by Gasteiger charge is 2.26. The van der Waals surface area contributed by atoms with Gasteiger partial charge >= 0.3 is 0 Å². The van der Waals surface area contributed by atoms with Crippen LogP contribution < -0.4 is 0 Å². The SMILES string of the molecule is CCCCc1nc2cc(C(O)c3ccccc3)c(C(OC)OC)nc2n1Cc1ccc(-c2ccccc2-c2nnn[nH]2)cc1. The average Bonchev–Trinajstić information content (AvgIpc) is 3.73. The van der Waals surface area contributed by atoms with Crippen LogP contribution in [0.25, 0.3) is 33.7 Å². The Morgan fingerprint density at radius 3 is 2.30 bits per heavy atom. The predicted octanol–water partition coefficient (Wildman–Crippen LogP) is 6.04. The van der Waals surface area contributed by atoms with Gasteiger partial charge in [-0.15, -0.1) is 5.10 Å². The van der Waals surface area contributed by atoms with Gasteiger partial charge in [-0.05, 0) is 45.2 Å². The lowest BCUT2D eigenvalue weighted by Gasteiger charge is -2.20. The number of aromatic amines is 1. The van der Waals surface area contributed by atoms with E-state index in [0.717, 1.165) is 64.1 Å². The summed E-state index contributed by atoms with van der Waals surface area (Å²) in [6.07, 6.45) is 1.19. The number of methoxy groups -OCH3 is 2. The van der Waals surface area contributed by atoms with Crippen molar-refractivity contribution in [2.75, 3.05) is 14.2 Å². The first-order chi connectivity index (χ1) is 21.6. The van der Waals surface area contributed by atoms with Gasteiger partial charge in [0.15, 0.2) is 11.5 Å². The summed E-state index contributed by atoms with van der Waals surface area (Å²) in [4.78, 5) is 10.1. The molecule has 44 heavy (non-hydrogen) atoms. The lowest BCUT2D eigenvalue weighted by atomic mass is 9.98. The molecular weight excluding hydrogens is 554 g/mol. The molecular formula is C34H35N7O3. The molecule has 10 heteroatoms. The Hall–Kier alpha value is -4.77. The van der Waals surface area contributed by atoms with E-state index in [-0.39, 0.29) is 0 Å². The van der Waals surface area contributed by atoms with E-state index in [1.807, 2.05) is 54.6 Å². The fourth-order valence-electron chi connectivity index (χ4n) is 5.55. The number of tetrazole rings is 1. The summed E-state index contributed by atoms with van der Waals surface area (Å²) in [5.41, 5.74) is 7.47. The average molecular weight is 590 g/mol. The second kappa shape index (κ2) is 13.3. The third kappa shape index (κ3) is 5.87. The van der Waals surface area contributed by atoms with E-state index >= 15 is 0 Å². The molecule has 6 aromatic rings. The van der Waals surface area contributed by atoms with Crippen LogP contribution in [0, 0.1) is 0 Å². The van der Waals surface area contributed by atoms with Crippen LogP contribution in [0.5, 0.6) is 0 Å². The summed E-state index contributed by atoms with van der Waals surface area (Å²) in [5, 5.41) is 25.9. The Bertz CT molecular complexity index is 1820. The monoisotopic (exact) mass is 589 g/mol. The number of hydrogen-bond donors (Lipinski definition) is 2. The van der Waals surface area contributed by atoms with Gasteiger partial charge in [-0.2, -0.15) is 0 Å². The summed E-state index contributed by atoms with van der Waals surface area (Å²) < 4.78 is 13.5. The highest BCUT2D eigenvalue weighted by atomic mass is 16.7. The molecule has 0 aliphatic heterocycles. The zero-order chi connectivity index (χ0) is 30.5. The molecule has 3 aromatic carbocycles. The largest absolute Gasteiger partial charge is 0.384 e. The molecule has 6 rings (SSSR count). The molecule has 1 atom stereocenters. The van der Waals surface area contributed by atoms with Crippen LogP contribution in [0.1, 0.15) is 60.4 Å². The maximum Gasteiger partial charge on any atom is 0.201 e. The van der Waals surface area contributed by atoms with Crippen LogP contribution in [-0.4, -0.2) is 54.5 Å². The lowest BCUT2D eigenvalue weighted by molar-refractivity contribution is -0.109. The van der Waals surface area contributed by atoms with Crippen molar-refractivity contribution in [1.29, 1.82) is 0 Å². The Kier molecular flexibility index (Phi) is 8.83. The summed E-state index contributed by atoms with van der Waals surface area (Å²) in [6.45, 7) is 2.76. The van der Waals surface area contributed by atoms with Gasteiger partial charge in [0.05, 0.1) is 6.54 Å². The molecule has 10 nitrogen and oxygen atoms in total. The second-order valence-electron chi connectivity index (χ2n) is 10.6. The van der Waals surface area contributed by atoms with Crippen molar-refractivity contribution < 1.29 is 14.6 Å². The number of aryl methyl sites for hydroxylation is 1. The third-order valence-corrected chi connectivity index (χ3v) is 7.81. The van der Waals surface area contributed by atoms with Crippen molar-refractivity contribution >= 4 is 11.2 Å². The van der Waals surface area contributed by atoms with Gasteiger partial charge in [0.25, 0.3) is 0 Å². The summed E-state index contributed by atoms with van der Waals surface area (Å²) in [5.74, 6) is 1.57. The number of nitrogens with zero attached hydrogens (tertiary/aromatic N) is 6. The Labute approximate surface area is 255 Å². The molecule has 0 aliphatic carbocycles. The van der Waals surface area contributed by atoms with Crippen LogP contribution in [0.3, 0.4) is 0 Å². The molecule has 1 unspecified atom stereocenters. The molecule has 0 spiro atoms. The first-order valence-corrected chi connectivity index (χ1v) is 14.7. The van der Waals surface area contributed by atoms with Crippen LogP contribution in [0.15, 0.2) is 84.9 Å². The van der Waals surface area contributed by atoms with Gasteiger partial charge in [0.2, 0.25) is 6.29 Å². The van der Waals surface area contributed by atoms with Crippen molar-refractivity contribution in [3.63, 3.8) is 0 Å². The number of aliphatic hydroxyl groups is 1. The Balaban J connectivity index is 1.40. The van der Waals surface area contributed by atoms with Crippen LogP contribution in [0.4, 0.5) is 0 Å². The first-order valence-electron chi connectivity index (χ1n) is 14.7.